The molecule has 0 saturated heterocycles. The van der Waals surface area contributed by atoms with Crippen LogP contribution < -0.4 is 0 Å². The molecule has 0 aliphatic heterocycles. The maximum Gasteiger partial charge on any atom is 0.341 e. The predicted octanol–water partition coefficient (Wildman–Crippen LogP) is 2.35. The highest BCUT2D eigenvalue weighted by molar-refractivity contribution is 5.05. The van der Waals surface area contributed by atoms with Crippen LogP contribution in [0.5, 0.6) is 0 Å². The van der Waals surface area contributed by atoms with Gasteiger partial charge < -0.3 is 5.11 Å². The smallest absolute Gasteiger partial charge is 0.341 e. The van der Waals surface area contributed by atoms with Crippen molar-refractivity contribution in [1.29, 1.82) is 0 Å². The summed E-state index contributed by atoms with van der Waals surface area (Å²) < 4.78 is 49.3. The van der Waals surface area contributed by atoms with Gasteiger partial charge in [0, 0.05) is 6.42 Å². The van der Waals surface area contributed by atoms with Gasteiger partial charge in [0.1, 0.15) is 0 Å². The van der Waals surface area contributed by atoms with Gasteiger partial charge in [0.25, 0.3) is 0 Å². The zero-order valence-corrected chi connectivity index (χ0v) is 5.58. The topological polar surface area (TPSA) is 20.2 Å². The van der Waals surface area contributed by atoms with Gasteiger partial charge >= 0.3 is 11.8 Å². The SMILES string of the molecule is O[C]1CCCC(F)(F)C1(F)F. The Labute approximate surface area is 61.0 Å². The van der Waals surface area contributed by atoms with Crippen LogP contribution >= 0.6 is 0 Å². The zero-order valence-electron chi connectivity index (χ0n) is 5.58. The Balaban J connectivity index is 2.82. The largest absolute Gasteiger partial charge is 0.380 e. The molecular weight excluding hydrogens is 164 g/mol. The Kier molecular flexibility index (Phi) is 1.86. The molecule has 0 aromatic carbocycles. The fourth-order valence-electron chi connectivity index (χ4n) is 1.00. The molecule has 0 unspecified atom stereocenters. The maximum atomic E-state index is 12.3. The minimum Gasteiger partial charge on any atom is -0.380 e. The molecule has 0 spiro atoms. The maximum absolute atomic E-state index is 12.3. The Morgan fingerprint density at radius 1 is 1.18 bits per heavy atom. The molecule has 0 heterocycles. The Morgan fingerprint density at radius 2 is 1.73 bits per heavy atom. The average Bonchev–Trinajstić information content (AvgIpc) is 1.84. The van der Waals surface area contributed by atoms with E-state index in [9.17, 15) is 17.6 Å². The molecule has 0 amide bonds. The van der Waals surface area contributed by atoms with Crippen molar-refractivity contribution in [2.75, 3.05) is 0 Å². The summed E-state index contributed by atoms with van der Waals surface area (Å²) in [6.45, 7) is 0. The van der Waals surface area contributed by atoms with Crippen molar-refractivity contribution in [1.82, 2.24) is 0 Å². The van der Waals surface area contributed by atoms with Crippen molar-refractivity contribution < 1.29 is 22.7 Å². The van der Waals surface area contributed by atoms with Gasteiger partial charge in [0.05, 0.1) is 0 Å². The molecule has 1 saturated carbocycles. The van der Waals surface area contributed by atoms with Crippen LogP contribution in [0, 0.1) is 6.10 Å². The second kappa shape index (κ2) is 2.33. The minimum absolute atomic E-state index is 0.0889. The van der Waals surface area contributed by atoms with Crippen molar-refractivity contribution in [2.45, 2.75) is 31.1 Å². The van der Waals surface area contributed by atoms with Crippen LogP contribution in [0.15, 0.2) is 0 Å². The lowest BCUT2D eigenvalue weighted by atomic mass is 9.90. The summed E-state index contributed by atoms with van der Waals surface area (Å²) in [5, 5.41) is 8.46. The summed E-state index contributed by atoms with van der Waals surface area (Å²) in [6.07, 6.45) is -2.67. The second-order valence-corrected chi connectivity index (χ2v) is 2.58. The molecule has 1 aliphatic carbocycles. The lowest BCUT2D eigenvalue weighted by Crippen LogP contribution is -2.48. The Hall–Kier alpha value is -0.320. The quantitative estimate of drug-likeness (QED) is 0.554. The number of rotatable bonds is 0. The van der Waals surface area contributed by atoms with E-state index in [1.165, 1.54) is 0 Å². The molecule has 1 aliphatic rings. The molecular formula is C6H7F4O. The third kappa shape index (κ3) is 1.21. The van der Waals surface area contributed by atoms with Gasteiger partial charge in [-0.1, -0.05) is 0 Å². The van der Waals surface area contributed by atoms with Crippen molar-refractivity contribution in [2.24, 2.45) is 0 Å². The first-order valence-corrected chi connectivity index (χ1v) is 3.19. The van der Waals surface area contributed by atoms with Crippen LogP contribution in [0.1, 0.15) is 19.3 Å². The third-order valence-corrected chi connectivity index (χ3v) is 1.73. The average molecular weight is 171 g/mol. The summed E-state index contributed by atoms with van der Waals surface area (Å²) >= 11 is 0. The molecule has 1 N–H and O–H groups in total. The van der Waals surface area contributed by atoms with Crippen molar-refractivity contribution in [3.8, 4) is 0 Å². The summed E-state index contributed by atoms with van der Waals surface area (Å²) in [7, 11) is 0. The number of hydrogen-bond donors (Lipinski definition) is 1. The monoisotopic (exact) mass is 171 g/mol. The number of alkyl halides is 4. The van der Waals surface area contributed by atoms with E-state index in [-0.39, 0.29) is 12.8 Å². The van der Waals surface area contributed by atoms with Crippen LogP contribution in [-0.2, 0) is 0 Å². The molecule has 1 rings (SSSR count). The van der Waals surface area contributed by atoms with E-state index in [2.05, 4.69) is 0 Å². The lowest BCUT2D eigenvalue weighted by Gasteiger charge is -2.33. The van der Waals surface area contributed by atoms with E-state index < -0.39 is 24.4 Å². The summed E-state index contributed by atoms with van der Waals surface area (Å²) in [6, 6.07) is 0. The van der Waals surface area contributed by atoms with Gasteiger partial charge in [-0.15, -0.1) is 0 Å². The standard InChI is InChI=1S/C6H7F4O/c7-5(8)3-1-2-4(11)6(5,9)10/h11H,1-3H2. The van der Waals surface area contributed by atoms with E-state index in [0.717, 1.165) is 0 Å². The molecule has 0 aromatic heterocycles. The fraction of sp³-hybridized carbons (Fsp3) is 0.833. The van der Waals surface area contributed by atoms with E-state index in [4.69, 9.17) is 5.11 Å². The van der Waals surface area contributed by atoms with Crippen LogP contribution in [0.3, 0.4) is 0 Å². The predicted molar refractivity (Wildman–Crippen MR) is 28.9 cm³/mol. The molecule has 0 atom stereocenters. The van der Waals surface area contributed by atoms with Crippen LogP contribution in [0.25, 0.3) is 0 Å². The van der Waals surface area contributed by atoms with Crippen LogP contribution in [0.4, 0.5) is 17.6 Å². The van der Waals surface area contributed by atoms with Gasteiger partial charge in [-0.25, -0.2) is 0 Å². The summed E-state index contributed by atoms with van der Waals surface area (Å²) in [5.74, 6) is -8.40. The van der Waals surface area contributed by atoms with Crippen LogP contribution in [-0.4, -0.2) is 17.0 Å². The summed E-state index contributed by atoms with van der Waals surface area (Å²) in [4.78, 5) is 0. The molecule has 0 aromatic rings. The first-order chi connectivity index (χ1) is 4.88. The fourth-order valence-corrected chi connectivity index (χ4v) is 1.00. The van der Waals surface area contributed by atoms with Gasteiger partial charge in [0.15, 0.2) is 6.10 Å². The molecule has 65 valence electrons. The number of aliphatic hydroxyl groups excluding tert-OH is 1. The number of halogens is 4. The first kappa shape index (κ1) is 8.77. The molecule has 5 heteroatoms. The number of aliphatic hydroxyl groups is 1. The van der Waals surface area contributed by atoms with Gasteiger partial charge in [-0.05, 0) is 12.8 Å². The Bertz CT molecular complexity index is 157. The van der Waals surface area contributed by atoms with E-state index in [0.29, 0.717) is 0 Å². The lowest BCUT2D eigenvalue weighted by molar-refractivity contribution is -0.238. The highest BCUT2D eigenvalue weighted by Gasteiger charge is 2.62. The molecule has 0 bridgehead atoms. The molecule has 11 heavy (non-hydrogen) atoms. The van der Waals surface area contributed by atoms with Crippen molar-refractivity contribution in [3.63, 3.8) is 0 Å². The van der Waals surface area contributed by atoms with Gasteiger partial charge in [-0.3, -0.25) is 0 Å². The van der Waals surface area contributed by atoms with Gasteiger partial charge in [-0.2, -0.15) is 17.6 Å². The Morgan fingerprint density at radius 3 is 2.09 bits per heavy atom. The highest BCUT2D eigenvalue weighted by Crippen LogP contribution is 2.48. The minimum atomic E-state index is -4.33. The molecule has 1 fully saturated rings. The van der Waals surface area contributed by atoms with Crippen molar-refractivity contribution in [3.05, 3.63) is 6.10 Å². The van der Waals surface area contributed by atoms with E-state index in [1.54, 1.807) is 0 Å². The van der Waals surface area contributed by atoms with E-state index in [1.807, 2.05) is 0 Å². The molecule has 1 radical (unpaired) electrons. The van der Waals surface area contributed by atoms with Crippen molar-refractivity contribution >= 4 is 0 Å². The van der Waals surface area contributed by atoms with E-state index >= 15 is 0 Å². The normalized spacial score (nSPS) is 30.3. The molecule has 1 nitrogen and oxygen atoms in total. The number of hydrogen-bond acceptors (Lipinski definition) is 1. The third-order valence-electron chi connectivity index (χ3n) is 1.73. The zero-order chi connectivity index (χ0) is 8.70. The highest BCUT2D eigenvalue weighted by atomic mass is 19.3. The van der Waals surface area contributed by atoms with Gasteiger partial charge in [0.2, 0.25) is 0 Å². The van der Waals surface area contributed by atoms with Crippen LogP contribution in [0.2, 0.25) is 0 Å². The first-order valence-electron chi connectivity index (χ1n) is 3.19. The second-order valence-electron chi connectivity index (χ2n) is 2.58. The summed E-state index contributed by atoms with van der Waals surface area (Å²) in [5.41, 5.74) is 0.